The molecule has 0 rings (SSSR count). The molecule has 0 spiro atoms. The minimum atomic E-state index is -2.97. The van der Waals surface area contributed by atoms with Crippen LogP contribution in [0.1, 0.15) is 17.1 Å². The van der Waals surface area contributed by atoms with Crippen LogP contribution >= 0.6 is 0 Å². The summed E-state index contributed by atoms with van der Waals surface area (Å²) in [5.74, 6) is -5.98. The molecule has 0 atom stereocenters. The van der Waals surface area contributed by atoms with Gasteiger partial charge in [-0.25, -0.2) is 0 Å². The van der Waals surface area contributed by atoms with Gasteiger partial charge in [0.25, 0.3) is 0 Å². The van der Waals surface area contributed by atoms with Gasteiger partial charge >= 0.3 is 243 Å². The molecule has 0 aromatic rings. The Hall–Kier alpha value is 6.28. The topological polar surface area (TPSA) is 141 Å². The van der Waals surface area contributed by atoms with Crippen molar-refractivity contribution in [2.24, 2.45) is 0 Å². The molecule has 1 N–H and O–H groups in total. The SMILES string of the molecule is O=C([O-])CC(O)(CC(=O)[O-])C(=O)[O-].[H-].[H-].[H-].[K+].[K+].[K+].[Na+].[Na+].[Na+]. The molecule has 0 saturated carbocycles. The van der Waals surface area contributed by atoms with Gasteiger partial charge in [-0.3, -0.25) is 0 Å². The van der Waals surface area contributed by atoms with E-state index in [1.54, 1.807) is 0 Å². The molecule has 0 aliphatic carbocycles. The molecular formula is C6H8K3Na3O7. The molecule has 0 fully saturated rings. The van der Waals surface area contributed by atoms with E-state index in [4.69, 9.17) is 5.11 Å². The number of hydrogen-bond donors (Lipinski definition) is 1. The van der Waals surface area contributed by atoms with E-state index in [-0.39, 0.29) is 247 Å². The van der Waals surface area contributed by atoms with Crippen molar-refractivity contribution in [3.8, 4) is 0 Å². The summed E-state index contributed by atoms with van der Waals surface area (Å²) in [6, 6.07) is 0. The zero-order chi connectivity index (χ0) is 10.6. The van der Waals surface area contributed by atoms with E-state index in [0.717, 1.165) is 0 Å². The van der Waals surface area contributed by atoms with Crippen molar-refractivity contribution < 1.29 is 282 Å². The molecule has 0 saturated heterocycles. The summed E-state index contributed by atoms with van der Waals surface area (Å²) in [6.45, 7) is 0. The van der Waals surface area contributed by atoms with Crippen LogP contribution in [0.4, 0.5) is 0 Å². The van der Waals surface area contributed by atoms with Gasteiger partial charge in [-0.2, -0.15) is 0 Å². The van der Waals surface area contributed by atoms with E-state index in [1.165, 1.54) is 0 Å². The van der Waals surface area contributed by atoms with Crippen LogP contribution in [0, 0.1) is 0 Å². The van der Waals surface area contributed by atoms with E-state index in [0.29, 0.717) is 0 Å². The van der Waals surface area contributed by atoms with Crippen LogP contribution in [-0.2, 0) is 14.4 Å². The van der Waals surface area contributed by atoms with Crippen LogP contribution < -0.4 is 258 Å². The molecule has 0 aliphatic heterocycles. The zero-order valence-corrected chi connectivity index (χ0v) is 27.7. The molecule has 19 heavy (non-hydrogen) atoms. The fraction of sp³-hybridized carbons (Fsp3) is 0.500. The monoisotopic (exact) mass is 378 g/mol. The molecule has 13 heteroatoms. The molecule has 0 bridgehead atoms. The quantitative estimate of drug-likeness (QED) is 0.468. The van der Waals surface area contributed by atoms with Crippen LogP contribution in [0.25, 0.3) is 0 Å². The van der Waals surface area contributed by atoms with E-state index < -0.39 is 36.4 Å². The Balaban J connectivity index is -0.0000000200. The number of carboxylic acid groups (broad SMARTS) is 3. The van der Waals surface area contributed by atoms with E-state index >= 15 is 0 Å². The van der Waals surface area contributed by atoms with Gasteiger partial charge in [-0.15, -0.1) is 0 Å². The second kappa shape index (κ2) is 24.3. The number of carbonyl (C=O) groups is 3. The van der Waals surface area contributed by atoms with Crippen LogP contribution in [0.3, 0.4) is 0 Å². The van der Waals surface area contributed by atoms with Gasteiger partial charge < -0.3 is 39.1 Å². The van der Waals surface area contributed by atoms with Crippen LogP contribution in [0.5, 0.6) is 0 Å². The first kappa shape index (κ1) is 44.6. The first-order valence-corrected chi connectivity index (χ1v) is 3.11. The predicted octanol–water partition coefficient (Wildman–Crippen LogP) is -22.9. The fourth-order valence-corrected chi connectivity index (χ4v) is 0.684. The molecule has 0 amide bonds. The summed E-state index contributed by atoms with van der Waals surface area (Å²) in [6.07, 6.45) is -2.72. The Bertz CT molecular complexity index is 263. The number of carboxylic acids is 3. The molecule has 0 unspecified atom stereocenters. The van der Waals surface area contributed by atoms with Crippen molar-refractivity contribution in [2.45, 2.75) is 18.4 Å². The molecule has 0 aromatic carbocycles. The Kier molecular flexibility index (Phi) is 57.0. The molecule has 80 valence electrons. The van der Waals surface area contributed by atoms with Crippen LogP contribution in [-0.4, -0.2) is 28.6 Å². The number of rotatable bonds is 5. The van der Waals surface area contributed by atoms with Gasteiger partial charge in [-0.1, -0.05) is 0 Å². The van der Waals surface area contributed by atoms with Crippen molar-refractivity contribution >= 4 is 17.9 Å². The average Bonchev–Trinajstić information content (AvgIpc) is 1.82. The van der Waals surface area contributed by atoms with Crippen LogP contribution in [0.2, 0.25) is 0 Å². The Morgan fingerprint density at radius 3 is 1.16 bits per heavy atom. The minimum Gasteiger partial charge on any atom is -1.00 e. The van der Waals surface area contributed by atoms with Gasteiger partial charge in [0.1, 0.15) is 5.60 Å². The van der Waals surface area contributed by atoms with Crippen LogP contribution in [0.15, 0.2) is 0 Å². The van der Waals surface area contributed by atoms with Crippen molar-refractivity contribution in [1.82, 2.24) is 0 Å². The van der Waals surface area contributed by atoms with Gasteiger partial charge in [0.05, 0.1) is 5.97 Å². The van der Waals surface area contributed by atoms with Gasteiger partial charge in [0.2, 0.25) is 0 Å². The summed E-state index contributed by atoms with van der Waals surface area (Å²) < 4.78 is 0. The first-order valence-electron chi connectivity index (χ1n) is 3.11. The Morgan fingerprint density at radius 1 is 0.842 bits per heavy atom. The van der Waals surface area contributed by atoms with Gasteiger partial charge in [0, 0.05) is 24.8 Å². The summed E-state index contributed by atoms with van der Waals surface area (Å²) >= 11 is 0. The second-order valence-electron chi connectivity index (χ2n) is 2.42. The molecule has 0 aromatic heterocycles. The van der Waals surface area contributed by atoms with Crippen molar-refractivity contribution in [3.05, 3.63) is 0 Å². The average molecular weight is 378 g/mol. The summed E-state index contributed by atoms with van der Waals surface area (Å²) in [5.41, 5.74) is -2.97. The Morgan fingerprint density at radius 2 is 1.05 bits per heavy atom. The minimum absolute atomic E-state index is 0. The predicted molar refractivity (Wildman–Crippen MR) is 32.5 cm³/mol. The standard InChI is InChI=1S/C6H8O7.3K.3Na.3H/c7-3(8)1-6(13,5(11)12)2-4(9)10;;;;;;;;;/h13H,1-2H2,(H,7,8)(H,9,10)(H,11,12);;;;;;;;;/q;6*+1;3*-1/p-3. The van der Waals surface area contributed by atoms with Crippen molar-refractivity contribution in [1.29, 1.82) is 0 Å². The zero-order valence-electron chi connectivity index (χ0n) is 15.3. The van der Waals surface area contributed by atoms with E-state index in [9.17, 15) is 29.7 Å². The Labute approximate surface area is 309 Å². The second-order valence-corrected chi connectivity index (χ2v) is 2.42. The van der Waals surface area contributed by atoms with Gasteiger partial charge in [0.15, 0.2) is 0 Å². The maximum atomic E-state index is 10.1. The molecule has 0 heterocycles. The third-order valence-electron chi connectivity index (χ3n) is 1.25. The van der Waals surface area contributed by atoms with Crippen molar-refractivity contribution in [3.63, 3.8) is 0 Å². The van der Waals surface area contributed by atoms with Crippen molar-refractivity contribution in [2.75, 3.05) is 0 Å². The third-order valence-corrected chi connectivity index (χ3v) is 1.25. The molecule has 0 radical (unpaired) electrons. The number of aliphatic carboxylic acids is 3. The molecule has 7 nitrogen and oxygen atoms in total. The first-order chi connectivity index (χ1) is 5.78. The van der Waals surface area contributed by atoms with Gasteiger partial charge in [-0.05, 0) is 0 Å². The molecule has 0 aliphatic rings. The molecular weight excluding hydrogens is 370 g/mol. The largest absolute Gasteiger partial charge is 1.00 e. The summed E-state index contributed by atoms with van der Waals surface area (Å²) in [5, 5.41) is 38.9. The number of hydrogen-bond acceptors (Lipinski definition) is 7. The smallest absolute Gasteiger partial charge is 1.00 e. The number of aliphatic hydroxyl groups is 1. The summed E-state index contributed by atoms with van der Waals surface area (Å²) in [7, 11) is 0. The third kappa shape index (κ3) is 24.3. The maximum absolute atomic E-state index is 10.1. The fourth-order valence-electron chi connectivity index (χ4n) is 0.684. The maximum Gasteiger partial charge on any atom is 1.00 e. The normalized spacial score (nSPS) is 7.42. The van der Waals surface area contributed by atoms with E-state index in [1.807, 2.05) is 0 Å². The number of carbonyl (C=O) groups excluding carboxylic acids is 3. The van der Waals surface area contributed by atoms with E-state index in [2.05, 4.69) is 0 Å². The summed E-state index contributed by atoms with van der Waals surface area (Å²) in [4.78, 5) is 30.0.